The molecule has 0 saturated carbocycles. The molecule has 0 saturated heterocycles. The van der Waals surface area contributed by atoms with Crippen LogP contribution in [-0.2, 0) is 4.79 Å². The van der Waals surface area contributed by atoms with Crippen LogP contribution < -0.4 is 5.32 Å². The predicted octanol–water partition coefficient (Wildman–Crippen LogP) is 3.87. The molecule has 0 amide bonds. The number of para-hydroxylation sites is 1. The number of thiocarbonyl (C=S) groups is 1. The summed E-state index contributed by atoms with van der Waals surface area (Å²) in [5.74, 6) is 0.623. The van der Waals surface area contributed by atoms with E-state index in [9.17, 15) is 9.90 Å². The number of rotatable bonds is 3. The van der Waals surface area contributed by atoms with Crippen LogP contribution in [0.4, 0.5) is 5.69 Å². The van der Waals surface area contributed by atoms with Gasteiger partial charge < -0.3 is 10.4 Å². The Balaban J connectivity index is 2.17. The fourth-order valence-electron chi connectivity index (χ4n) is 2.37. The molecule has 106 valence electrons. The number of carbonyl (C=O) groups is 1. The molecule has 0 radical (unpaired) electrons. The van der Waals surface area contributed by atoms with Gasteiger partial charge in [-0.25, -0.2) is 0 Å². The van der Waals surface area contributed by atoms with Crippen molar-refractivity contribution in [3.8, 4) is 0 Å². The molecule has 0 aromatic heterocycles. The minimum atomic E-state index is -0.0686. The van der Waals surface area contributed by atoms with Crippen molar-refractivity contribution in [1.82, 2.24) is 0 Å². The first-order valence-electron chi connectivity index (χ1n) is 6.80. The van der Waals surface area contributed by atoms with Crippen molar-refractivity contribution < 1.29 is 9.90 Å². The largest absolute Gasteiger partial charge is 0.511 e. The van der Waals surface area contributed by atoms with E-state index in [0.717, 1.165) is 5.69 Å². The highest BCUT2D eigenvalue weighted by molar-refractivity contribution is 7.81. The summed E-state index contributed by atoms with van der Waals surface area (Å²) in [6.07, 6.45) is 0.975. The average Bonchev–Trinajstić information content (AvgIpc) is 2.38. The van der Waals surface area contributed by atoms with E-state index in [-0.39, 0.29) is 23.0 Å². The number of anilines is 1. The molecule has 2 rings (SSSR count). The molecular weight excluding hydrogens is 270 g/mol. The van der Waals surface area contributed by atoms with Gasteiger partial charge in [0.05, 0.1) is 5.57 Å². The van der Waals surface area contributed by atoms with Gasteiger partial charge in [-0.05, 0) is 24.0 Å². The van der Waals surface area contributed by atoms with Crippen LogP contribution in [-0.4, -0.2) is 15.9 Å². The SMILES string of the molecule is CC(C)C1CC(=O)C(C(=S)Nc2ccccc2)=C(O)C1. The number of ketones is 1. The summed E-state index contributed by atoms with van der Waals surface area (Å²) in [7, 11) is 0. The van der Waals surface area contributed by atoms with Crippen LogP contribution in [0.15, 0.2) is 41.7 Å². The van der Waals surface area contributed by atoms with Crippen LogP contribution in [0.2, 0.25) is 0 Å². The van der Waals surface area contributed by atoms with Gasteiger partial charge in [-0.15, -0.1) is 0 Å². The fourth-order valence-corrected chi connectivity index (χ4v) is 2.72. The Morgan fingerprint density at radius 1 is 1.30 bits per heavy atom. The van der Waals surface area contributed by atoms with Crippen molar-refractivity contribution in [3.63, 3.8) is 0 Å². The number of hydrogen-bond acceptors (Lipinski definition) is 3. The van der Waals surface area contributed by atoms with Gasteiger partial charge in [-0.3, -0.25) is 4.79 Å². The third-order valence-electron chi connectivity index (χ3n) is 3.67. The van der Waals surface area contributed by atoms with E-state index in [1.54, 1.807) is 0 Å². The van der Waals surface area contributed by atoms with E-state index >= 15 is 0 Å². The summed E-state index contributed by atoms with van der Waals surface area (Å²) < 4.78 is 0. The Kier molecular flexibility index (Phi) is 4.55. The zero-order valence-electron chi connectivity index (χ0n) is 11.7. The van der Waals surface area contributed by atoms with Crippen molar-refractivity contribution in [2.24, 2.45) is 11.8 Å². The lowest BCUT2D eigenvalue weighted by Gasteiger charge is -2.26. The summed E-state index contributed by atoms with van der Waals surface area (Å²) >= 11 is 5.26. The van der Waals surface area contributed by atoms with Gasteiger partial charge in [0.25, 0.3) is 0 Å². The third-order valence-corrected chi connectivity index (χ3v) is 3.98. The van der Waals surface area contributed by atoms with Crippen molar-refractivity contribution in [2.75, 3.05) is 5.32 Å². The summed E-state index contributed by atoms with van der Waals surface area (Å²) in [5, 5.41) is 13.1. The lowest BCUT2D eigenvalue weighted by molar-refractivity contribution is -0.117. The first-order valence-corrected chi connectivity index (χ1v) is 7.21. The van der Waals surface area contributed by atoms with Crippen LogP contribution in [0.25, 0.3) is 0 Å². The van der Waals surface area contributed by atoms with E-state index in [1.807, 2.05) is 30.3 Å². The lowest BCUT2D eigenvalue weighted by Crippen LogP contribution is -2.29. The van der Waals surface area contributed by atoms with Crippen molar-refractivity contribution >= 4 is 28.7 Å². The highest BCUT2D eigenvalue weighted by Crippen LogP contribution is 2.31. The minimum absolute atomic E-state index is 0.0686. The summed E-state index contributed by atoms with van der Waals surface area (Å²) in [6, 6.07) is 9.42. The number of nitrogens with one attached hydrogen (secondary N) is 1. The molecule has 1 atom stereocenters. The van der Waals surface area contributed by atoms with E-state index < -0.39 is 0 Å². The summed E-state index contributed by atoms with van der Waals surface area (Å²) in [4.78, 5) is 12.5. The number of aliphatic hydroxyl groups excluding tert-OH is 1. The van der Waals surface area contributed by atoms with Crippen LogP contribution in [0.3, 0.4) is 0 Å². The predicted molar refractivity (Wildman–Crippen MR) is 84.9 cm³/mol. The molecule has 1 aromatic carbocycles. The van der Waals surface area contributed by atoms with E-state index in [4.69, 9.17) is 12.2 Å². The molecule has 1 aliphatic rings. The quantitative estimate of drug-likeness (QED) is 0.829. The smallest absolute Gasteiger partial charge is 0.169 e. The number of hydrogen-bond donors (Lipinski definition) is 2. The molecule has 1 aliphatic carbocycles. The third kappa shape index (κ3) is 3.25. The Morgan fingerprint density at radius 3 is 2.50 bits per heavy atom. The topological polar surface area (TPSA) is 49.3 Å². The maximum atomic E-state index is 12.2. The molecule has 0 spiro atoms. The van der Waals surface area contributed by atoms with Crippen LogP contribution in [0.1, 0.15) is 26.7 Å². The van der Waals surface area contributed by atoms with E-state index in [1.165, 1.54) is 0 Å². The second-order valence-corrected chi connectivity index (χ2v) is 5.89. The Bertz CT molecular complexity index is 549. The standard InChI is InChI=1S/C16H19NO2S/c1-10(2)11-8-13(18)15(14(19)9-11)16(20)17-12-6-4-3-5-7-12/h3-7,10-11,18H,8-9H2,1-2H3,(H,17,20). The zero-order valence-corrected chi connectivity index (χ0v) is 12.5. The van der Waals surface area contributed by atoms with Crippen molar-refractivity contribution in [2.45, 2.75) is 26.7 Å². The second kappa shape index (κ2) is 6.18. The Labute approximate surface area is 124 Å². The normalized spacial score (nSPS) is 19.4. The van der Waals surface area contributed by atoms with E-state index in [2.05, 4.69) is 19.2 Å². The van der Waals surface area contributed by atoms with Gasteiger partial charge in [0.1, 0.15) is 10.7 Å². The monoisotopic (exact) mass is 289 g/mol. The molecule has 0 bridgehead atoms. The van der Waals surface area contributed by atoms with Gasteiger partial charge in [0.2, 0.25) is 0 Å². The Hall–Kier alpha value is -1.68. The molecule has 0 aliphatic heterocycles. The molecular formula is C16H19NO2S. The molecule has 0 heterocycles. The fraction of sp³-hybridized carbons (Fsp3) is 0.375. The summed E-state index contributed by atoms with van der Waals surface area (Å²) in [6.45, 7) is 4.13. The van der Waals surface area contributed by atoms with Crippen LogP contribution in [0.5, 0.6) is 0 Å². The molecule has 20 heavy (non-hydrogen) atoms. The first kappa shape index (κ1) is 14.7. The van der Waals surface area contributed by atoms with Crippen molar-refractivity contribution in [3.05, 3.63) is 41.7 Å². The first-order chi connectivity index (χ1) is 9.49. The zero-order chi connectivity index (χ0) is 14.7. The number of benzene rings is 1. The molecule has 1 unspecified atom stereocenters. The number of Topliss-reactive ketones (excluding diaryl/α,β-unsaturated/α-hetero) is 1. The van der Waals surface area contributed by atoms with Crippen LogP contribution in [0, 0.1) is 11.8 Å². The number of carbonyl (C=O) groups excluding carboxylic acids is 1. The van der Waals surface area contributed by atoms with Gasteiger partial charge in [0, 0.05) is 18.5 Å². The lowest BCUT2D eigenvalue weighted by atomic mass is 9.80. The Morgan fingerprint density at radius 2 is 1.95 bits per heavy atom. The highest BCUT2D eigenvalue weighted by atomic mass is 32.1. The van der Waals surface area contributed by atoms with Crippen molar-refractivity contribution in [1.29, 1.82) is 0 Å². The van der Waals surface area contributed by atoms with Gasteiger partial charge in [-0.1, -0.05) is 44.3 Å². The van der Waals surface area contributed by atoms with E-state index in [0.29, 0.717) is 23.7 Å². The maximum Gasteiger partial charge on any atom is 0.169 e. The van der Waals surface area contributed by atoms with Crippen LogP contribution >= 0.6 is 12.2 Å². The summed E-state index contributed by atoms with van der Waals surface area (Å²) in [5.41, 5.74) is 1.09. The molecule has 2 N–H and O–H groups in total. The van der Waals surface area contributed by atoms with Gasteiger partial charge in [0.15, 0.2) is 5.78 Å². The molecule has 3 nitrogen and oxygen atoms in total. The molecule has 0 fully saturated rings. The molecule has 4 heteroatoms. The maximum absolute atomic E-state index is 12.2. The number of allylic oxidation sites excluding steroid dienone is 1. The minimum Gasteiger partial charge on any atom is -0.511 e. The molecule has 1 aromatic rings. The second-order valence-electron chi connectivity index (χ2n) is 5.48. The van der Waals surface area contributed by atoms with Gasteiger partial charge in [-0.2, -0.15) is 0 Å². The average molecular weight is 289 g/mol. The number of aliphatic hydroxyl groups is 1. The highest BCUT2D eigenvalue weighted by Gasteiger charge is 2.31. The van der Waals surface area contributed by atoms with Gasteiger partial charge >= 0.3 is 0 Å².